The molecule has 0 aliphatic rings. The van der Waals surface area contributed by atoms with Gasteiger partial charge in [0.1, 0.15) is 12.4 Å². The fourth-order valence-electron chi connectivity index (χ4n) is 1.62. The average Bonchev–Trinajstić information content (AvgIpc) is 2.39. The number of benzene rings is 1. The van der Waals surface area contributed by atoms with Gasteiger partial charge in [0.15, 0.2) is 0 Å². The molecular weight excluding hydrogens is 248 g/mol. The number of hydrogen-bond donors (Lipinski definition) is 1. The van der Waals surface area contributed by atoms with Gasteiger partial charge < -0.3 is 10.5 Å². The summed E-state index contributed by atoms with van der Waals surface area (Å²) in [7, 11) is 0. The van der Waals surface area contributed by atoms with Crippen molar-refractivity contribution in [1.82, 2.24) is 4.98 Å². The molecule has 0 aliphatic carbocycles. The van der Waals surface area contributed by atoms with Crippen molar-refractivity contribution in [1.29, 1.82) is 0 Å². The molecule has 0 spiro atoms. The average molecular weight is 263 g/mol. The first kappa shape index (κ1) is 12.9. The van der Waals surface area contributed by atoms with Crippen LogP contribution in [0.2, 0.25) is 5.02 Å². The van der Waals surface area contributed by atoms with Crippen LogP contribution in [0.25, 0.3) is 0 Å². The van der Waals surface area contributed by atoms with E-state index in [4.69, 9.17) is 22.1 Å². The van der Waals surface area contributed by atoms with Gasteiger partial charge in [-0.1, -0.05) is 23.7 Å². The van der Waals surface area contributed by atoms with E-state index in [1.54, 1.807) is 6.20 Å². The lowest BCUT2D eigenvalue weighted by Gasteiger charge is -2.09. The summed E-state index contributed by atoms with van der Waals surface area (Å²) in [5, 5.41) is 0.608. The summed E-state index contributed by atoms with van der Waals surface area (Å²) < 4.78 is 5.63. The monoisotopic (exact) mass is 262 g/mol. The highest BCUT2D eigenvalue weighted by atomic mass is 35.5. The maximum Gasteiger partial charge on any atom is 0.138 e. The normalized spacial score (nSPS) is 10.3. The van der Waals surface area contributed by atoms with E-state index >= 15 is 0 Å². The van der Waals surface area contributed by atoms with E-state index in [9.17, 15) is 0 Å². The topological polar surface area (TPSA) is 48.1 Å². The maximum absolute atomic E-state index is 6.15. The van der Waals surface area contributed by atoms with Gasteiger partial charge in [0.25, 0.3) is 0 Å². The third-order valence-corrected chi connectivity index (χ3v) is 2.83. The standard InChI is InChI=1S/C14H15ClN2O/c15-13-9-11(6-7-16)4-5-14(13)18-10-12-3-1-2-8-17-12/h1-5,8-9H,6-7,10,16H2. The molecule has 0 amide bonds. The number of aromatic nitrogens is 1. The molecule has 0 saturated heterocycles. The Morgan fingerprint density at radius 2 is 2.11 bits per heavy atom. The van der Waals surface area contributed by atoms with Crippen LogP contribution < -0.4 is 10.5 Å². The molecule has 0 aliphatic heterocycles. The van der Waals surface area contributed by atoms with Crippen molar-refractivity contribution in [3.63, 3.8) is 0 Å². The molecule has 2 rings (SSSR count). The van der Waals surface area contributed by atoms with E-state index in [1.807, 2.05) is 36.4 Å². The van der Waals surface area contributed by atoms with Crippen molar-refractivity contribution in [2.45, 2.75) is 13.0 Å². The first-order valence-corrected chi connectivity index (χ1v) is 6.18. The van der Waals surface area contributed by atoms with Gasteiger partial charge in [-0.25, -0.2) is 0 Å². The van der Waals surface area contributed by atoms with Crippen molar-refractivity contribution in [3.05, 3.63) is 58.9 Å². The summed E-state index contributed by atoms with van der Waals surface area (Å²) in [5.74, 6) is 0.670. The van der Waals surface area contributed by atoms with Crippen LogP contribution in [-0.4, -0.2) is 11.5 Å². The maximum atomic E-state index is 6.15. The van der Waals surface area contributed by atoms with Crippen molar-refractivity contribution >= 4 is 11.6 Å². The van der Waals surface area contributed by atoms with Crippen LogP contribution in [0.5, 0.6) is 5.75 Å². The highest BCUT2D eigenvalue weighted by Crippen LogP contribution is 2.26. The molecule has 0 radical (unpaired) electrons. The van der Waals surface area contributed by atoms with Crippen molar-refractivity contribution in [2.24, 2.45) is 5.73 Å². The van der Waals surface area contributed by atoms with E-state index in [-0.39, 0.29) is 0 Å². The molecule has 1 aromatic heterocycles. The van der Waals surface area contributed by atoms with Crippen LogP contribution in [-0.2, 0) is 13.0 Å². The summed E-state index contributed by atoms with van der Waals surface area (Å²) in [6.07, 6.45) is 2.56. The second kappa shape index (κ2) is 6.38. The predicted octanol–water partition coefficient (Wildman–Crippen LogP) is 2.82. The Labute approximate surface area is 112 Å². The van der Waals surface area contributed by atoms with Gasteiger partial charge in [0.05, 0.1) is 10.7 Å². The predicted molar refractivity (Wildman–Crippen MR) is 72.8 cm³/mol. The molecule has 94 valence electrons. The molecule has 18 heavy (non-hydrogen) atoms. The minimum Gasteiger partial charge on any atom is -0.486 e. The number of pyridine rings is 1. The molecule has 2 N–H and O–H groups in total. The summed E-state index contributed by atoms with van der Waals surface area (Å²) in [5.41, 5.74) is 7.49. The van der Waals surface area contributed by atoms with Crippen LogP contribution in [0, 0.1) is 0 Å². The Morgan fingerprint density at radius 1 is 1.22 bits per heavy atom. The molecule has 1 aromatic carbocycles. The fourth-order valence-corrected chi connectivity index (χ4v) is 1.88. The number of nitrogens with two attached hydrogens (primary N) is 1. The molecular formula is C14H15ClN2O. The number of rotatable bonds is 5. The molecule has 0 fully saturated rings. The van der Waals surface area contributed by atoms with Crippen LogP contribution in [0.15, 0.2) is 42.6 Å². The van der Waals surface area contributed by atoms with Gasteiger partial charge in [0, 0.05) is 6.20 Å². The van der Waals surface area contributed by atoms with E-state index in [1.165, 1.54) is 0 Å². The highest BCUT2D eigenvalue weighted by molar-refractivity contribution is 6.32. The van der Waals surface area contributed by atoms with Gasteiger partial charge in [-0.05, 0) is 42.8 Å². The quantitative estimate of drug-likeness (QED) is 0.901. The molecule has 1 heterocycles. The van der Waals surface area contributed by atoms with Crippen molar-refractivity contribution in [2.75, 3.05) is 6.54 Å². The number of hydrogen-bond acceptors (Lipinski definition) is 3. The molecule has 0 unspecified atom stereocenters. The van der Waals surface area contributed by atoms with Gasteiger partial charge in [-0.3, -0.25) is 4.98 Å². The Bertz CT molecular complexity index is 502. The van der Waals surface area contributed by atoms with Crippen LogP contribution in [0.3, 0.4) is 0 Å². The third kappa shape index (κ3) is 3.45. The number of halogens is 1. The van der Waals surface area contributed by atoms with Gasteiger partial charge >= 0.3 is 0 Å². The molecule has 4 heteroatoms. The van der Waals surface area contributed by atoms with Crippen LogP contribution >= 0.6 is 11.6 Å². The van der Waals surface area contributed by atoms with Crippen LogP contribution in [0.1, 0.15) is 11.3 Å². The second-order valence-electron chi connectivity index (χ2n) is 3.91. The minimum absolute atomic E-state index is 0.413. The molecule has 0 saturated carbocycles. The highest BCUT2D eigenvalue weighted by Gasteiger charge is 2.03. The van der Waals surface area contributed by atoms with E-state index < -0.39 is 0 Å². The lowest BCUT2D eigenvalue weighted by atomic mass is 10.1. The van der Waals surface area contributed by atoms with Crippen LogP contribution in [0.4, 0.5) is 0 Å². The number of ether oxygens (including phenoxy) is 1. The van der Waals surface area contributed by atoms with Gasteiger partial charge in [-0.2, -0.15) is 0 Å². The van der Waals surface area contributed by atoms with Gasteiger partial charge in [0.2, 0.25) is 0 Å². The summed E-state index contributed by atoms with van der Waals surface area (Å²) >= 11 is 6.15. The van der Waals surface area contributed by atoms with E-state index in [0.717, 1.165) is 17.7 Å². The SMILES string of the molecule is NCCc1ccc(OCc2ccccn2)c(Cl)c1. The van der Waals surface area contributed by atoms with E-state index in [2.05, 4.69) is 4.98 Å². The Morgan fingerprint density at radius 3 is 2.78 bits per heavy atom. The lowest BCUT2D eigenvalue weighted by molar-refractivity contribution is 0.301. The Balaban J connectivity index is 2.01. The first-order chi connectivity index (χ1) is 8.79. The second-order valence-corrected chi connectivity index (χ2v) is 4.32. The fraction of sp³-hybridized carbons (Fsp3) is 0.214. The van der Waals surface area contributed by atoms with Crippen molar-refractivity contribution in [3.8, 4) is 5.75 Å². The minimum atomic E-state index is 0.413. The molecule has 3 nitrogen and oxygen atoms in total. The summed E-state index contributed by atoms with van der Waals surface area (Å²) in [6.45, 7) is 1.03. The number of nitrogens with zero attached hydrogens (tertiary/aromatic N) is 1. The summed E-state index contributed by atoms with van der Waals surface area (Å²) in [4.78, 5) is 4.19. The first-order valence-electron chi connectivity index (χ1n) is 5.81. The summed E-state index contributed by atoms with van der Waals surface area (Å²) in [6, 6.07) is 11.5. The largest absolute Gasteiger partial charge is 0.486 e. The van der Waals surface area contributed by atoms with Crippen molar-refractivity contribution < 1.29 is 4.74 Å². The van der Waals surface area contributed by atoms with Gasteiger partial charge in [-0.15, -0.1) is 0 Å². The third-order valence-electron chi connectivity index (χ3n) is 2.53. The molecule has 0 bridgehead atoms. The zero-order valence-electron chi connectivity index (χ0n) is 9.97. The Kier molecular flexibility index (Phi) is 4.56. The molecule has 0 atom stereocenters. The molecule has 2 aromatic rings. The smallest absolute Gasteiger partial charge is 0.138 e. The zero-order valence-corrected chi connectivity index (χ0v) is 10.7. The zero-order chi connectivity index (χ0) is 12.8. The lowest BCUT2D eigenvalue weighted by Crippen LogP contribution is -2.03. The Hall–Kier alpha value is -1.58. The van der Waals surface area contributed by atoms with E-state index in [0.29, 0.717) is 23.9 Å².